The van der Waals surface area contributed by atoms with Crippen LogP contribution in [0.25, 0.3) is 0 Å². The summed E-state index contributed by atoms with van der Waals surface area (Å²) in [5.74, 6) is 1.26. The summed E-state index contributed by atoms with van der Waals surface area (Å²) in [4.78, 5) is 18.6. The predicted octanol–water partition coefficient (Wildman–Crippen LogP) is 2.61. The Labute approximate surface area is 120 Å². The Morgan fingerprint density at radius 2 is 2.00 bits per heavy atom. The van der Waals surface area contributed by atoms with Crippen molar-refractivity contribution in [2.24, 2.45) is 0 Å². The molecule has 2 aromatic rings. The van der Waals surface area contributed by atoms with E-state index in [1.165, 1.54) is 23.9 Å². The molecule has 104 valence electrons. The van der Waals surface area contributed by atoms with Crippen molar-refractivity contribution in [2.75, 3.05) is 11.5 Å². The maximum absolute atomic E-state index is 10.5. The molecule has 2 rings (SSSR count). The molecule has 0 bridgehead atoms. The number of rotatable bonds is 5. The molecule has 0 aliphatic rings. The van der Waals surface area contributed by atoms with E-state index in [9.17, 15) is 10.1 Å². The highest BCUT2D eigenvalue weighted by atomic mass is 32.2. The lowest BCUT2D eigenvalue weighted by atomic mass is 10.1. The quantitative estimate of drug-likeness (QED) is 0.393. The molecule has 0 radical (unpaired) electrons. The van der Waals surface area contributed by atoms with Crippen LogP contribution in [0.1, 0.15) is 11.3 Å². The average Bonchev–Trinajstić information content (AvgIpc) is 2.38. The zero-order valence-electron chi connectivity index (χ0n) is 10.9. The minimum atomic E-state index is -0.401. The summed E-state index contributed by atoms with van der Waals surface area (Å²) in [5, 5.41) is 11.2. The van der Waals surface area contributed by atoms with Crippen molar-refractivity contribution >= 4 is 23.3 Å². The Morgan fingerprint density at radius 1 is 1.30 bits per heavy atom. The van der Waals surface area contributed by atoms with Crippen molar-refractivity contribution in [3.63, 3.8) is 0 Å². The summed E-state index contributed by atoms with van der Waals surface area (Å²) >= 11 is 1.52. The second-order valence-electron chi connectivity index (χ2n) is 4.24. The van der Waals surface area contributed by atoms with E-state index >= 15 is 0 Å². The molecule has 1 aromatic carbocycles. The van der Waals surface area contributed by atoms with Crippen LogP contribution in [0.4, 0.5) is 11.5 Å². The van der Waals surface area contributed by atoms with Gasteiger partial charge in [-0.15, -0.1) is 0 Å². The molecule has 0 atom stereocenters. The van der Waals surface area contributed by atoms with E-state index in [0.29, 0.717) is 11.0 Å². The van der Waals surface area contributed by atoms with E-state index in [1.807, 2.05) is 6.92 Å². The summed E-state index contributed by atoms with van der Waals surface area (Å²) in [5.41, 5.74) is 7.65. The van der Waals surface area contributed by atoms with E-state index in [1.54, 1.807) is 18.2 Å². The summed E-state index contributed by atoms with van der Waals surface area (Å²) in [6, 6.07) is 8.29. The molecule has 0 spiro atoms. The number of hydrogen-bond acceptors (Lipinski definition) is 6. The molecule has 0 unspecified atom stereocenters. The first kappa shape index (κ1) is 14.3. The average molecular weight is 290 g/mol. The van der Waals surface area contributed by atoms with Gasteiger partial charge in [0.25, 0.3) is 5.69 Å². The fraction of sp³-hybridized carbons (Fsp3) is 0.231. The molecule has 1 heterocycles. The van der Waals surface area contributed by atoms with Gasteiger partial charge in [-0.3, -0.25) is 10.1 Å². The highest BCUT2D eigenvalue weighted by Crippen LogP contribution is 2.18. The van der Waals surface area contributed by atoms with E-state index < -0.39 is 4.92 Å². The molecule has 7 heteroatoms. The second-order valence-corrected chi connectivity index (χ2v) is 5.30. The number of nitrogens with two attached hydrogens (primary N) is 1. The number of nitro groups is 1. The van der Waals surface area contributed by atoms with Crippen molar-refractivity contribution < 1.29 is 4.92 Å². The summed E-state index contributed by atoms with van der Waals surface area (Å²) in [7, 11) is 0. The van der Waals surface area contributed by atoms with Gasteiger partial charge in [-0.25, -0.2) is 9.97 Å². The van der Waals surface area contributed by atoms with E-state index in [4.69, 9.17) is 5.73 Å². The van der Waals surface area contributed by atoms with Crippen LogP contribution in [0.2, 0.25) is 0 Å². The zero-order chi connectivity index (χ0) is 14.5. The van der Waals surface area contributed by atoms with Crippen LogP contribution in [0.5, 0.6) is 0 Å². The summed E-state index contributed by atoms with van der Waals surface area (Å²) in [6.45, 7) is 1.87. The maximum Gasteiger partial charge on any atom is 0.269 e. The molecule has 0 saturated heterocycles. The fourth-order valence-electron chi connectivity index (χ4n) is 1.67. The van der Waals surface area contributed by atoms with Crippen molar-refractivity contribution in [1.29, 1.82) is 0 Å². The van der Waals surface area contributed by atoms with Crippen molar-refractivity contribution in [2.45, 2.75) is 18.5 Å². The first-order chi connectivity index (χ1) is 9.54. The van der Waals surface area contributed by atoms with Crippen LogP contribution in [-0.4, -0.2) is 20.6 Å². The third-order valence-corrected chi connectivity index (χ3v) is 3.47. The van der Waals surface area contributed by atoms with Gasteiger partial charge < -0.3 is 5.73 Å². The third kappa shape index (κ3) is 3.92. The number of aryl methyl sites for hydroxylation is 2. The molecule has 0 aliphatic heterocycles. The summed E-state index contributed by atoms with van der Waals surface area (Å²) in [6.07, 6.45) is 0.792. The molecular weight excluding hydrogens is 276 g/mol. The first-order valence-corrected chi connectivity index (χ1v) is 7.00. The van der Waals surface area contributed by atoms with Crippen molar-refractivity contribution in [1.82, 2.24) is 9.97 Å². The normalized spacial score (nSPS) is 10.4. The van der Waals surface area contributed by atoms with Gasteiger partial charge in [-0.2, -0.15) is 0 Å². The Kier molecular flexibility index (Phi) is 4.52. The lowest BCUT2D eigenvalue weighted by molar-refractivity contribution is -0.384. The third-order valence-electron chi connectivity index (χ3n) is 2.62. The van der Waals surface area contributed by atoms with Gasteiger partial charge in [-0.1, -0.05) is 23.9 Å². The Hall–Kier alpha value is -2.15. The highest BCUT2D eigenvalue weighted by molar-refractivity contribution is 7.99. The number of hydrogen-bond donors (Lipinski definition) is 1. The number of nitrogen functional groups attached to an aromatic ring is 1. The number of anilines is 1. The standard InChI is InChI=1S/C13H14N4O2S/c1-9-8-12(14)16-13(15-9)20-7-6-10-2-4-11(5-3-10)17(18)19/h2-5,8H,6-7H2,1H3,(H2,14,15,16). The van der Waals surface area contributed by atoms with Crippen molar-refractivity contribution in [3.05, 3.63) is 51.7 Å². The van der Waals surface area contributed by atoms with Crippen LogP contribution in [-0.2, 0) is 6.42 Å². The van der Waals surface area contributed by atoms with Gasteiger partial charge in [0, 0.05) is 29.6 Å². The van der Waals surface area contributed by atoms with Gasteiger partial charge >= 0.3 is 0 Å². The van der Waals surface area contributed by atoms with Gasteiger partial charge in [0.05, 0.1) is 4.92 Å². The molecule has 0 aliphatic carbocycles. The smallest absolute Gasteiger partial charge is 0.269 e. The number of benzene rings is 1. The largest absolute Gasteiger partial charge is 0.384 e. The van der Waals surface area contributed by atoms with Crippen molar-refractivity contribution in [3.8, 4) is 0 Å². The van der Waals surface area contributed by atoms with E-state index in [-0.39, 0.29) is 5.69 Å². The minimum Gasteiger partial charge on any atom is -0.384 e. The topological polar surface area (TPSA) is 94.9 Å². The Morgan fingerprint density at radius 3 is 2.60 bits per heavy atom. The van der Waals surface area contributed by atoms with Crippen LogP contribution in [0.3, 0.4) is 0 Å². The molecule has 20 heavy (non-hydrogen) atoms. The van der Waals surface area contributed by atoms with Gasteiger partial charge in [0.2, 0.25) is 0 Å². The van der Waals surface area contributed by atoms with Crippen LogP contribution >= 0.6 is 11.8 Å². The molecule has 0 saturated carbocycles. The van der Waals surface area contributed by atoms with E-state index in [0.717, 1.165) is 23.4 Å². The molecule has 6 nitrogen and oxygen atoms in total. The molecular formula is C13H14N4O2S. The highest BCUT2D eigenvalue weighted by Gasteiger charge is 2.05. The van der Waals surface area contributed by atoms with Gasteiger partial charge in [0.15, 0.2) is 5.16 Å². The maximum atomic E-state index is 10.5. The van der Waals surface area contributed by atoms with Crippen LogP contribution in [0.15, 0.2) is 35.5 Å². The molecule has 0 fully saturated rings. The zero-order valence-corrected chi connectivity index (χ0v) is 11.8. The lowest BCUT2D eigenvalue weighted by Gasteiger charge is -2.03. The second kappa shape index (κ2) is 6.33. The SMILES string of the molecule is Cc1cc(N)nc(SCCc2ccc([N+](=O)[O-])cc2)n1. The number of non-ortho nitro benzene ring substituents is 1. The van der Waals surface area contributed by atoms with E-state index in [2.05, 4.69) is 9.97 Å². The monoisotopic (exact) mass is 290 g/mol. The molecule has 0 amide bonds. The molecule has 2 N–H and O–H groups in total. The first-order valence-electron chi connectivity index (χ1n) is 6.02. The summed E-state index contributed by atoms with van der Waals surface area (Å²) < 4.78 is 0. The lowest BCUT2D eigenvalue weighted by Crippen LogP contribution is -1.98. The number of nitro benzene ring substituents is 1. The molecule has 1 aromatic heterocycles. The Bertz CT molecular complexity index is 596. The number of aromatic nitrogens is 2. The Balaban J connectivity index is 1.90. The predicted molar refractivity (Wildman–Crippen MR) is 78.7 cm³/mol. The number of nitrogens with zero attached hydrogens (tertiary/aromatic N) is 3. The van der Waals surface area contributed by atoms with Crippen LogP contribution in [0, 0.1) is 17.0 Å². The minimum absolute atomic E-state index is 0.108. The van der Waals surface area contributed by atoms with Gasteiger partial charge in [0.1, 0.15) is 5.82 Å². The van der Waals surface area contributed by atoms with Crippen LogP contribution < -0.4 is 5.73 Å². The fourth-order valence-corrected chi connectivity index (χ4v) is 2.57. The van der Waals surface area contributed by atoms with Gasteiger partial charge in [-0.05, 0) is 18.9 Å². The number of thioether (sulfide) groups is 1.